The summed E-state index contributed by atoms with van der Waals surface area (Å²) >= 11 is 0. The molecule has 5 heterocycles. The number of piperazine rings is 1. The Bertz CT molecular complexity index is 1010. The summed E-state index contributed by atoms with van der Waals surface area (Å²) in [4.78, 5) is 15.2. The topological polar surface area (TPSA) is 70.6 Å². The zero-order valence-corrected chi connectivity index (χ0v) is 18.1. The second-order valence-electron chi connectivity index (χ2n) is 8.80. The van der Waals surface area contributed by atoms with Gasteiger partial charge in [-0.2, -0.15) is 4.98 Å². The van der Waals surface area contributed by atoms with E-state index in [1.807, 2.05) is 12.1 Å². The maximum absolute atomic E-state index is 13.3. The molecule has 9 heteroatoms. The molecule has 3 fully saturated rings. The molecule has 1 aromatic heterocycles. The molecule has 3 saturated heterocycles. The molecule has 3 unspecified atom stereocenters. The van der Waals surface area contributed by atoms with Crippen molar-refractivity contribution in [1.29, 1.82) is 0 Å². The molecule has 31 heavy (non-hydrogen) atoms. The van der Waals surface area contributed by atoms with E-state index in [0.29, 0.717) is 23.9 Å². The summed E-state index contributed by atoms with van der Waals surface area (Å²) in [6, 6.07) is 7.76. The number of benzene rings is 1. The number of fused-ring (bicyclic) bond motifs is 3. The molecule has 6 rings (SSSR count). The first kappa shape index (κ1) is 19.4. The van der Waals surface area contributed by atoms with Crippen LogP contribution in [0.1, 0.15) is 25.0 Å². The Morgan fingerprint density at radius 2 is 1.81 bits per heavy atom. The van der Waals surface area contributed by atoms with Crippen LogP contribution in [-0.2, 0) is 22.0 Å². The Kier molecular flexibility index (Phi) is 4.83. The SMILES string of the molecule is O=S1CCc2nc(N3CC4CC3CN4c3ccc(F)cc3)nc(NC3CCOCC3)c21. The number of anilines is 3. The Labute approximate surface area is 183 Å². The summed E-state index contributed by atoms with van der Waals surface area (Å²) in [7, 11) is -1.03. The summed E-state index contributed by atoms with van der Waals surface area (Å²) < 4.78 is 31.4. The molecule has 0 spiro atoms. The van der Waals surface area contributed by atoms with Crippen molar-refractivity contribution >= 4 is 28.3 Å². The molecular formula is C22H26FN5O2S. The molecule has 4 aliphatic heterocycles. The lowest BCUT2D eigenvalue weighted by Crippen LogP contribution is -2.47. The summed E-state index contributed by atoms with van der Waals surface area (Å²) in [5, 5.41) is 3.56. The number of hydrogen-bond acceptors (Lipinski definition) is 7. The van der Waals surface area contributed by atoms with E-state index >= 15 is 0 Å². The first-order valence-electron chi connectivity index (χ1n) is 11.1. The third kappa shape index (κ3) is 3.47. The van der Waals surface area contributed by atoms with Crippen LogP contribution >= 0.6 is 0 Å². The summed E-state index contributed by atoms with van der Waals surface area (Å²) in [6.45, 7) is 3.22. The molecule has 1 N–H and O–H groups in total. The normalized spacial score (nSPS) is 27.7. The van der Waals surface area contributed by atoms with Gasteiger partial charge in [-0.25, -0.2) is 9.37 Å². The monoisotopic (exact) mass is 443 g/mol. The van der Waals surface area contributed by atoms with E-state index in [-0.39, 0.29) is 5.82 Å². The van der Waals surface area contributed by atoms with Gasteiger partial charge in [-0.05, 0) is 43.5 Å². The molecule has 2 aromatic rings. The van der Waals surface area contributed by atoms with Gasteiger partial charge in [0.05, 0.1) is 22.5 Å². The Morgan fingerprint density at radius 1 is 1.06 bits per heavy atom. The van der Waals surface area contributed by atoms with Crippen LogP contribution in [0.4, 0.5) is 21.8 Å². The van der Waals surface area contributed by atoms with Crippen molar-refractivity contribution in [3.63, 3.8) is 0 Å². The van der Waals surface area contributed by atoms with E-state index in [1.54, 1.807) is 0 Å². The van der Waals surface area contributed by atoms with Gasteiger partial charge in [-0.3, -0.25) is 4.21 Å². The molecule has 164 valence electrons. The smallest absolute Gasteiger partial charge is 0.227 e. The minimum Gasteiger partial charge on any atom is -0.381 e. The van der Waals surface area contributed by atoms with E-state index in [2.05, 4.69) is 15.1 Å². The van der Waals surface area contributed by atoms with Crippen molar-refractivity contribution in [1.82, 2.24) is 9.97 Å². The van der Waals surface area contributed by atoms with Crippen LogP contribution in [0.3, 0.4) is 0 Å². The zero-order chi connectivity index (χ0) is 20.9. The van der Waals surface area contributed by atoms with Crippen molar-refractivity contribution in [2.45, 2.75) is 48.7 Å². The standard InChI is InChI=1S/C22H26FN5O2S/c23-14-1-3-16(4-2-14)27-12-18-11-17(27)13-28(18)22-25-19-7-10-31(29)20(19)21(26-22)24-15-5-8-30-9-6-15/h1-4,15,17-18H,5-13H2,(H,24,25,26). The first-order chi connectivity index (χ1) is 15.2. The van der Waals surface area contributed by atoms with Gasteiger partial charge < -0.3 is 19.9 Å². The van der Waals surface area contributed by atoms with Gasteiger partial charge in [0.1, 0.15) is 16.5 Å². The van der Waals surface area contributed by atoms with Gasteiger partial charge >= 0.3 is 0 Å². The highest BCUT2D eigenvalue weighted by atomic mass is 32.2. The maximum Gasteiger partial charge on any atom is 0.227 e. The van der Waals surface area contributed by atoms with Gasteiger partial charge in [-0.15, -0.1) is 0 Å². The lowest BCUT2D eigenvalue weighted by atomic mass is 10.1. The van der Waals surface area contributed by atoms with Crippen molar-refractivity contribution < 1.29 is 13.3 Å². The molecule has 0 saturated carbocycles. The van der Waals surface area contributed by atoms with Crippen LogP contribution in [0.25, 0.3) is 0 Å². The molecule has 0 radical (unpaired) electrons. The van der Waals surface area contributed by atoms with E-state index in [0.717, 1.165) is 80.0 Å². The van der Waals surface area contributed by atoms with E-state index in [9.17, 15) is 8.60 Å². The van der Waals surface area contributed by atoms with Gasteiger partial charge in [0.2, 0.25) is 5.95 Å². The average molecular weight is 444 g/mol. The Hall–Kier alpha value is -2.26. The number of halogens is 1. The number of ether oxygens (including phenoxy) is 1. The first-order valence-corrected chi connectivity index (χ1v) is 12.4. The molecule has 7 nitrogen and oxygen atoms in total. The molecule has 3 atom stereocenters. The van der Waals surface area contributed by atoms with Gasteiger partial charge in [-0.1, -0.05) is 0 Å². The molecule has 0 amide bonds. The predicted molar refractivity (Wildman–Crippen MR) is 118 cm³/mol. The van der Waals surface area contributed by atoms with Gasteiger partial charge in [0, 0.05) is 56.2 Å². The fraction of sp³-hybridized carbons (Fsp3) is 0.545. The van der Waals surface area contributed by atoms with Crippen LogP contribution in [0.2, 0.25) is 0 Å². The zero-order valence-electron chi connectivity index (χ0n) is 17.3. The number of hydrogen-bond donors (Lipinski definition) is 1. The lowest BCUT2D eigenvalue weighted by molar-refractivity contribution is 0.0903. The van der Waals surface area contributed by atoms with Crippen LogP contribution in [0.5, 0.6) is 0 Å². The average Bonchev–Trinajstić information content (AvgIpc) is 3.49. The minimum absolute atomic E-state index is 0.205. The molecular weight excluding hydrogens is 417 g/mol. The highest BCUT2D eigenvalue weighted by Gasteiger charge is 2.45. The van der Waals surface area contributed by atoms with Crippen molar-refractivity contribution in [2.24, 2.45) is 0 Å². The maximum atomic E-state index is 13.3. The van der Waals surface area contributed by atoms with Crippen LogP contribution in [-0.4, -0.2) is 64.4 Å². The number of aromatic nitrogens is 2. The quantitative estimate of drug-likeness (QED) is 0.778. The third-order valence-electron chi connectivity index (χ3n) is 6.89. The fourth-order valence-electron chi connectivity index (χ4n) is 5.31. The highest BCUT2D eigenvalue weighted by Crippen LogP contribution is 2.38. The second-order valence-corrected chi connectivity index (χ2v) is 10.3. The van der Waals surface area contributed by atoms with Crippen molar-refractivity contribution in [3.8, 4) is 0 Å². The summed E-state index contributed by atoms with van der Waals surface area (Å²) in [5.74, 6) is 1.92. The van der Waals surface area contributed by atoms with Gasteiger partial charge in [0.15, 0.2) is 0 Å². The Balaban J connectivity index is 1.26. The van der Waals surface area contributed by atoms with E-state index < -0.39 is 10.8 Å². The Morgan fingerprint density at radius 3 is 2.55 bits per heavy atom. The second kappa shape index (κ2) is 7.70. The molecule has 2 bridgehead atoms. The van der Waals surface area contributed by atoms with Crippen LogP contribution in [0.15, 0.2) is 29.2 Å². The number of rotatable bonds is 4. The fourth-order valence-corrected chi connectivity index (χ4v) is 6.62. The van der Waals surface area contributed by atoms with Crippen LogP contribution in [0, 0.1) is 5.82 Å². The molecule has 4 aliphatic rings. The van der Waals surface area contributed by atoms with Crippen molar-refractivity contribution in [2.75, 3.05) is 47.2 Å². The summed E-state index contributed by atoms with van der Waals surface area (Å²) in [5.41, 5.74) is 2.00. The highest BCUT2D eigenvalue weighted by molar-refractivity contribution is 7.85. The van der Waals surface area contributed by atoms with Gasteiger partial charge in [0.25, 0.3) is 0 Å². The van der Waals surface area contributed by atoms with Crippen LogP contribution < -0.4 is 15.1 Å². The molecule has 1 aromatic carbocycles. The lowest BCUT2D eigenvalue weighted by Gasteiger charge is -2.36. The number of nitrogens with one attached hydrogen (secondary N) is 1. The predicted octanol–water partition coefficient (Wildman–Crippen LogP) is 2.34. The minimum atomic E-state index is -1.03. The summed E-state index contributed by atoms with van der Waals surface area (Å²) in [6.07, 6.45) is 3.65. The van der Waals surface area contributed by atoms with E-state index in [4.69, 9.17) is 14.7 Å². The number of nitrogens with zero attached hydrogens (tertiary/aromatic N) is 4. The van der Waals surface area contributed by atoms with Crippen molar-refractivity contribution in [3.05, 3.63) is 35.8 Å². The number of aryl methyl sites for hydroxylation is 1. The molecule has 0 aliphatic carbocycles. The largest absolute Gasteiger partial charge is 0.381 e. The third-order valence-corrected chi connectivity index (χ3v) is 8.35. The van der Waals surface area contributed by atoms with E-state index in [1.165, 1.54) is 12.1 Å².